The molecule has 1 aromatic heterocycles. The first-order valence-corrected chi connectivity index (χ1v) is 9.87. The standard InChI is InChI=1S/C19H24N4OS/c1-13(2)17-20-21-19(25-17)23-10-8-16(12-23)18(24)22-9-7-14-5-3-4-6-15(14)11-22/h3-6,13,16H,7-12H2,1-2H3. The molecule has 3 heterocycles. The zero-order chi connectivity index (χ0) is 17.4. The summed E-state index contributed by atoms with van der Waals surface area (Å²) in [6, 6.07) is 8.46. The van der Waals surface area contributed by atoms with Crippen molar-refractivity contribution in [2.75, 3.05) is 24.5 Å². The second-order valence-corrected chi connectivity index (χ2v) is 8.28. The maximum absolute atomic E-state index is 13.0. The first-order chi connectivity index (χ1) is 12.1. The molecule has 4 rings (SSSR count). The maximum Gasteiger partial charge on any atom is 0.227 e. The van der Waals surface area contributed by atoms with Crippen LogP contribution < -0.4 is 4.90 Å². The number of carbonyl (C=O) groups excluding carboxylic acids is 1. The molecule has 0 spiro atoms. The van der Waals surface area contributed by atoms with E-state index in [2.05, 4.69) is 53.2 Å². The molecule has 6 heteroatoms. The number of anilines is 1. The summed E-state index contributed by atoms with van der Waals surface area (Å²) < 4.78 is 0. The van der Waals surface area contributed by atoms with Gasteiger partial charge in [0.15, 0.2) is 0 Å². The van der Waals surface area contributed by atoms with E-state index < -0.39 is 0 Å². The maximum atomic E-state index is 13.0. The summed E-state index contributed by atoms with van der Waals surface area (Å²) in [5, 5.41) is 10.6. The van der Waals surface area contributed by atoms with Crippen molar-refractivity contribution in [1.29, 1.82) is 0 Å². The number of nitrogens with zero attached hydrogens (tertiary/aromatic N) is 4. The third kappa shape index (κ3) is 3.27. The van der Waals surface area contributed by atoms with Gasteiger partial charge in [-0.1, -0.05) is 49.4 Å². The van der Waals surface area contributed by atoms with Gasteiger partial charge in [-0.05, 0) is 24.0 Å². The minimum Gasteiger partial charge on any atom is -0.346 e. The third-order valence-electron chi connectivity index (χ3n) is 5.17. The molecule has 5 nitrogen and oxygen atoms in total. The van der Waals surface area contributed by atoms with Gasteiger partial charge in [-0.3, -0.25) is 4.79 Å². The molecule has 0 radical (unpaired) electrons. The van der Waals surface area contributed by atoms with Gasteiger partial charge in [-0.25, -0.2) is 0 Å². The van der Waals surface area contributed by atoms with Gasteiger partial charge in [0.2, 0.25) is 11.0 Å². The van der Waals surface area contributed by atoms with Crippen LogP contribution in [0.25, 0.3) is 0 Å². The van der Waals surface area contributed by atoms with Gasteiger partial charge in [0.25, 0.3) is 0 Å². The number of fused-ring (bicyclic) bond motifs is 1. The van der Waals surface area contributed by atoms with Crippen LogP contribution in [0.5, 0.6) is 0 Å². The van der Waals surface area contributed by atoms with Crippen LogP contribution in [-0.4, -0.2) is 40.6 Å². The quantitative estimate of drug-likeness (QED) is 0.848. The molecule has 1 unspecified atom stereocenters. The molecule has 132 valence electrons. The summed E-state index contributed by atoms with van der Waals surface area (Å²) in [5.41, 5.74) is 2.68. The van der Waals surface area contributed by atoms with Crippen LogP contribution >= 0.6 is 11.3 Å². The van der Waals surface area contributed by atoms with E-state index in [1.807, 2.05) is 4.90 Å². The van der Waals surface area contributed by atoms with E-state index in [0.717, 1.165) is 49.2 Å². The van der Waals surface area contributed by atoms with Crippen molar-refractivity contribution < 1.29 is 4.79 Å². The van der Waals surface area contributed by atoms with E-state index in [1.165, 1.54) is 11.1 Å². The molecule has 2 aliphatic rings. The van der Waals surface area contributed by atoms with Gasteiger partial charge >= 0.3 is 0 Å². The molecule has 1 atom stereocenters. The lowest BCUT2D eigenvalue weighted by molar-refractivity contribution is -0.135. The van der Waals surface area contributed by atoms with Crippen LogP contribution in [0, 0.1) is 5.92 Å². The van der Waals surface area contributed by atoms with Gasteiger partial charge in [0.1, 0.15) is 5.01 Å². The number of amides is 1. The van der Waals surface area contributed by atoms with Crippen LogP contribution in [0.15, 0.2) is 24.3 Å². The van der Waals surface area contributed by atoms with Gasteiger partial charge in [0, 0.05) is 32.1 Å². The van der Waals surface area contributed by atoms with Crippen molar-refractivity contribution in [1.82, 2.24) is 15.1 Å². The van der Waals surface area contributed by atoms with Crippen LogP contribution in [0.3, 0.4) is 0 Å². The third-order valence-corrected chi connectivity index (χ3v) is 6.46. The van der Waals surface area contributed by atoms with E-state index in [4.69, 9.17) is 0 Å². The van der Waals surface area contributed by atoms with E-state index in [9.17, 15) is 4.79 Å². The fourth-order valence-corrected chi connectivity index (χ4v) is 4.55. The molecule has 0 aliphatic carbocycles. The minimum absolute atomic E-state index is 0.0802. The zero-order valence-electron chi connectivity index (χ0n) is 14.8. The van der Waals surface area contributed by atoms with Crippen molar-refractivity contribution in [3.05, 3.63) is 40.4 Å². The summed E-state index contributed by atoms with van der Waals surface area (Å²) >= 11 is 1.66. The highest BCUT2D eigenvalue weighted by Gasteiger charge is 2.34. The molecule has 1 aromatic carbocycles. The summed E-state index contributed by atoms with van der Waals surface area (Å²) in [6.07, 6.45) is 1.88. The molecule has 1 amide bonds. The Kier molecular flexibility index (Phi) is 4.46. The van der Waals surface area contributed by atoms with Crippen molar-refractivity contribution in [2.24, 2.45) is 5.92 Å². The molecular formula is C19H24N4OS. The van der Waals surface area contributed by atoms with Crippen LogP contribution in [-0.2, 0) is 17.8 Å². The van der Waals surface area contributed by atoms with Crippen molar-refractivity contribution in [3.8, 4) is 0 Å². The van der Waals surface area contributed by atoms with Crippen LogP contribution in [0.4, 0.5) is 5.13 Å². The van der Waals surface area contributed by atoms with Crippen molar-refractivity contribution in [3.63, 3.8) is 0 Å². The van der Waals surface area contributed by atoms with Crippen molar-refractivity contribution >= 4 is 22.4 Å². The Labute approximate surface area is 152 Å². The summed E-state index contributed by atoms with van der Waals surface area (Å²) in [4.78, 5) is 17.2. The number of rotatable bonds is 3. The number of hydrogen-bond acceptors (Lipinski definition) is 5. The number of benzene rings is 1. The minimum atomic E-state index is 0.0802. The summed E-state index contributed by atoms with van der Waals surface area (Å²) in [5.74, 6) is 0.780. The fourth-order valence-electron chi connectivity index (χ4n) is 3.67. The Bertz CT molecular complexity index is 772. The lowest BCUT2D eigenvalue weighted by Crippen LogP contribution is -2.40. The number of carbonyl (C=O) groups is 1. The molecular weight excluding hydrogens is 332 g/mol. The second kappa shape index (κ2) is 6.75. The van der Waals surface area contributed by atoms with E-state index in [-0.39, 0.29) is 5.92 Å². The summed E-state index contributed by atoms with van der Waals surface area (Å²) in [7, 11) is 0. The average Bonchev–Trinajstić information content (AvgIpc) is 3.30. The zero-order valence-corrected chi connectivity index (χ0v) is 15.6. The lowest BCUT2D eigenvalue weighted by atomic mass is 9.98. The van der Waals surface area contributed by atoms with Gasteiger partial charge in [-0.15, -0.1) is 10.2 Å². The molecule has 2 aliphatic heterocycles. The molecule has 1 saturated heterocycles. The first-order valence-electron chi connectivity index (χ1n) is 9.05. The van der Waals surface area contributed by atoms with Gasteiger partial charge in [-0.2, -0.15) is 0 Å². The first kappa shape index (κ1) is 16.5. The fraction of sp³-hybridized carbons (Fsp3) is 0.526. The summed E-state index contributed by atoms with van der Waals surface area (Å²) in [6.45, 7) is 7.52. The smallest absolute Gasteiger partial charge is 0.227 e. The second-order valence-electron chi connectivity index (χ2n) is 7.29. The van der Waals surface area contributed by atoms with E-state index in [0.29, 0.717) is 11.8 Å². The van der Waals surface area contributed by atoms with Gasteiger partial charge in [0.05, 0.1) is 5.92 Å². The largest absolute Gasteiger partial charge is 0.346 e. The molecule has 0 N–H and O–H groups in total. The number of aromatic nitrogens is 2. The Balaban J connectivity index is 1.41. The van der Waals surface area contributed by atoms with Gasteiger partial charge < -0.3 is 9.80 Å². The van der Waals surface area contributed by atoms with E-state index in [1.54, 1.807) is 11.3 Å². The highest BCUT2D eigenvalue weighted by Crippen LogP contribution is 2.31. The lowest BCUT2D eigenvalue weighted by Gasteiger charge is -2.30. The highest BCUT2D eigenvalue weighted by atomic mass is 32.1. The average molecular weight is 356 g/mol. The van der Waals surface area contributed by atoms with Crippen LogP contribution in [0.2, 0.25) is 0 Å². The molecule has 0 saturated carbocycles. The SMILES string of the molecule is CC(C)c1nnc(N2CCC(C(=O)N3CCc4ccccc4C3)C2)s1. The monoisotopic (exact) mass is 356 g/mol. The Morgan fingerprint density at radius 3 is 2.76 bits per heavy atom. The highest BCUT2D eigenvalue weighted by molar-refractivity contribution is 7.15. The Morgan fingerprint density at radius 1 is 1.20 bits per heavy atom. The topological polar surface area (TPSA) is 49.3 Å². The molecule has 2 aromatic rings. The Hall–Kier alpha value is -1.95. The normalized spacial score (nSPS) is 20.2. The molecule has 25 heavy (non-hydrogen) atoms. The predicted molar refractivity (Wildman–Crippen MR) is 99.9 cm³/mol. The van der Waals surface area contributed by atoms with Crippen molar-refractivity contribution in [2.45, 2.75) is 39.2 Å². The van der Waals surface area contributed by atoms with E-state index >= 15 is 0 Å². The Morgan fingerprint density at radius 2 is 2.00 bits per heavy atom. The predicted octanol–water partition coefficient (Wildman–Crippen LogP) is 3.07. The number of hydrogen-bond donors (Lipinski definition) is 0. The molecule has 1 fully saturated rings. The van der Waals surface area contributed by atoms with Crippen LogP contribution in [0.1, 0.15) is 42.3 Å². The molecule has 0 bridgehead atoms.